The standard InChI is InChI=1S/C6H7BrN2.C6H8N2O/c1-2-5-3-4-6(7)9-8-5;1-2-5-3-4-6(9)8-7-5/h3-4H,2H2,1H3;3-4H,2H2,1H3,(H,8,9). The summed E-state index contributed by atoms with van der Waals surface area (Å²) in [7, 11) is 0. The van der Waals surface area contributed by atoms with Gasteiger partial charge in [0.15, 0.2) is 0 Å². The molecule has 2 aromatic heterocycles. The van der Waals surface area contributed by atoms with Crippen LogP contribution in [0.5, 0.6) is 0 Å². The number of aromatic nitrogens is 4. The van der Waals surface area contributed by atoms with Crippen LogP contribution in [0, 0.1) is 0 Å². The van der Waals surface area contributed by atoms with Gasteiger partial charge in [-0.15, -0.1) is 5.10 Å². The topological polar surface area (TPSA) is 71.5 Å². The smallest absolute Gasteiger partial charge is 0.264 e. The van der Waals surface area contributed by atoms with Crippen molar-refractivity contribution in [1.29, 1.82) is 0 Å². The lowest BCUT2D eigenvalue weighted by molar-refractivity contribution is 0.896. The molecule has 2 heterocycles. The first-order chi connectivity index (χ1) is 8.65. The number of nitrogens with zero attached hydrogens (tertiary/aromatic N) is 3. The molecule has 0 aliphatic rings. The number of aryl methyl sites for hydroxylation is 2. The van der Waals surface area contributed by atoms with Gasteiger partial charge in [-0.25, -0.2) is 5.10 Å². The normalized spacial score (nSPS) is 9.50. The SMILES string of the molecule is CCc1ccc(=O)[nH]n1.CCc1ccc(Br)nn1. The lowest BCUT2D eigenvalue weighted by atomic mass is 10.3. The van der Waals surface area contributed by atoms with Gasteiger partial charge in [0.1, 0.15) is 4.60 Å². The van der Waals surface area contributed by atoms with Gasteiger partial charge < -0.3 is 0 Å². The highest BCUT2D eigenvalue weighted by Gasteiger charge is 1.89. The van der Waals surface area contributed by atoms with Crippen LogP contribution in [0.4, 0.5) is 0 Å². The van der Waals surface area contributed by atoms with E-state index in [1.807, 2.05) is 19.1 Å². The maximum Gasteiger partial charge on any atom is 0.264 e. The molecule has 2 rings (SSSR count). The van der Waals surface area contributed by atoms with E-state index in [2.05, 4.69) is 43.2 Å². The average Bonchev–Trinajstić information content (AvgIpc) is 2.41. The molecule has 2 aromatic rings. The van der Waals surface area contributed by atoms with Crippen molar-refractivity contribution in [3.8, 4) is 0 Å². The molecule has 96 valence electrons. The van der Waals surface area contributed by atoms with Crippen LogP contribution in [-0.2, 0) is 12.8 Å². The van der Waals surface area contributed by atoms with Gasteiger partial charge in [-0.3, -0.25) is 4.79 Å². The van der Waals surface area contributed by atoms with Crippen molar-refractivity contribution in [3.05, 3.63) is 50.6 Å². The van der Waals surface area contributed by atoms with Gasteiger partial charge >= 0.3 is 0 Å². The summed E-state index contributed by atoms with van der Waals surface area (Å²) >= 11 is 3.20. The van der Waals surface area contributed by atoms with E-state index >= 15 is 0 Å². The zero-order valence-corrected chi connectivity index (χ0v) is 11.9. The van der Waals surface area contributed by atoms with E-state index in [1.54, 1.807) is 6.07 Å². The first-order valence-corrected chi connectivity index (χ1v) is 6.47. The summed E-state index contributed by atoms with van der Waals surface area (Å²) in [6.07, 6.45) is 1.80. The van der Waals surface area contributed by atoms with Crippen molar-refractivity contribution in [3.63, 3.8) is 0 Å². The molecule has 0 amide bonds. The van der Waals surface area contributed by atoms with Gasteiger partial charge in [0.05, 0.1) is 11.4 Å². The highest BCUT2D eigenvalue weighted by atomic mass is 79.9. The Morgan fingerprint density at radius 1 is 1.06 bits per heavy atom. The molecular weight excluding hydrogens is 296 g/mol. The van der Waals surface area contributed by atoms with Gasteiger partial charge in [0.25, 0.3) is 5.56 Å². The van der Waals surface area contributed by atoms with E-state index in [4.69, 9.17) is 0 Å². The van der Waals surface area contributed by atoms with Crippen LogP contribution in [-0.4, -0.2) is 20.4 Å². The predicted molar refractivity (Wildman–Crippen MR) is 73.3 cm³/mol. The Hall–Kier alpha value is -1.56. The third kappa shape index (κ3) is 5.18. The maximum absolute atomic E-state index is 10.4. The van der Waals surface area contributed by atoms with Gasteiger partial charge in [-0.05, 0) is 47.0 Å². The summed E-state index contributed by atoms with van der Waals surface area (Å²) in [5.74, 6) is 0. The Balaban J connectivity index is 0.000000180. The summed E-state index contributed by atoms with van der Waals surface area (Å²) in [6.45, 7) is 4.04. The molecule has 5 nitrogen and oxygen atoms in total. The van der Waals surface area contributed by atoms with Crippen molar-refractivity contribution < 1.29 is 0 Å². The van der Waals surface area contributed by atoms with Crippen LogP contribution < -0.4 is 5.56 Å². The number of halogens is 1. The number of hydrogen-bond donors (Lipinski definition) is 1. The van der Waals surface area contributed by atoms with E-state index in [1.165, 1.54) is 6.07 Å². The Morgan fingerprint density at radius 2 is 1.72 bits per heavy atom. The largest absolute Gasteiger partial charge is 0.268 e. The molecular formula is C12H15BrN4O. The van der Waals surface area contributed by atoms with Gasteiger partial charge in [0, 0.05) is 6.07 Å². The third-order valence-corrected chi connectivity index (χ3v) is 2.57. The number of H-pyrrole nitrogens is 1. The lowest BCUT2D eigenvalue weighted by Crippen LogP contribution is -2.06. The fraction of sp³-hybridized carbons (Fsp3) is 0.333. The molecule has 0 radical (unpaired) electrons. The van der Waals surface area contributed by atoms with Gasteiger partial charge in [0.2, 0.25) is 0 Å². The molecule has 6 heteroatoms. The van der Waals surface area contributed by atoms with Gasteiger partial charge in [-0.1, -0.05) is 13.8 Å². The van der Waals surface area contributed by atoms with Crippen LogP contribution in [0.15, 0.2) is 33.7 Å². The summed E-state index contributed by atoms with van der Waals surface area (Å²) in [4.78, 5) is 10.4. The van der Waals surface area contributed by atoms with E-state index in [0.29, 0.717) is 0 Å². The first-order valence-electron chi connectivity index (χ1n) is 5.68. The number of aromatic amines is 1. The van der Waals surface area contributed by atoms with Crippen molar-refractivity contribution in [2.75, 3.05) is 0 Å². The Morgan fingerprint density at radius 3 is 2.17 bits per heavy atom. The van der Waals surface area contributed by atoms with Crippen molar-refractivity contribution >= 4 is 15.9 Å². The highest BCUT2D eigenvalue weighted by molar-refractivity contribution is 9.10. The quantitative estimate of drug-likeness (QED) is 0.922. The molecule has 0 aliphatic heterocycles. The Labute approximate surface area is 114 Å². The fourth-order valence-corrected chi connectivity index (χ4v) is 1.31. The first kappa shape index (κ1) is 14.5. The van der Waals surface area contributed by atoms with Crippen LogP contribution >= 0.6 is 15.9 Å². The molecule has 0 aromatic carbocycles. The van der Waals surface area contributed by atoms with Crippen LogP contribution in [0.2, 0.25) is 0 Å². The Bertz CT molecular complexity index is 504. The summed E-state index contributed by atoms with van der Waals surface area (Å²) < 4.78 is 0.791. The van der Waals surface area contributed by atoms with Gasteiger partial charge in [-0.2, -0.15) is 10.2 Å². The third-order valence-electron chi connectivity index (χ3n) is 2.15. The van der Waals surface area contributed by atoms with E-state index in [9.17, 15) is 4.79 Å². The second-order valence-electron chi connectivity index (χ2n) is 3.47. The summed E-state index contributed by atoms with van der Waals surface area (Å²) in [5, 5.41) is 13.8. The predicted octanol–water partition coefficient (Wildman–Crippen LogP) is 2.13. The molecule has 0 bridgehead atoms. The molecule has 0 saturated heterocycles. The zero-order chi connectivity index (χ0) is 13.4. The molecule has 18 heavy (non-hydrogen) atoms. The fourth-order valence-electron chi connectivity index (χ4n) is 1.10. The van der Waals surface area contributed by atoms with Crippen molar-refractivity contribution in [2.45, 2.75) is 26.7 Å². The minimum atomic E-state index is -0.146. The molecule has 0 atom stereocenters. The summed E-state index contributed by atoms with van der Waals surface area (Å²) in [6, 6.07) is 7.05. The minimum absolute atomic E-state index is 0.146. The van der Waals surface area contributed by atoms with Crippen molar-refractivity contribution in [2.24, 2.45) is 0 Å². The highest BCUT2D eigenvalue weighted by Crippen LogP contribution is 2.02. The van der Waals surface area contributed by atoms with Crippen molar-refractivity contribution in [1.82, 2.24) is 20.4 Å². The average molecular weight is 311 g/mol. The monoisotopic (exact) mass is 310 g/mol. The van der Waals surface area contributed by atoms with Crippen LogP contribution in [0.1, 0.15) is 25.2 Å². The molecule has 0 spiro atoms. The Kier molecular flexibility index (Phi) is 6.21. The summed E-state index contributed by atoms with van der Waals surface area (Å²) in [5.41, 5.74) is 1.79. The second kappa shape index (κ2) is 7.71. The number of nitrogens with one attached hydrogen (secondary N) is 1. The molecule has 0 unspecified atom stereocenters. The minimum Gasteiger partial charge on any atom is -0.268 e. The molecule has 0 saturated carbocycles. The second-order valence-corrected chi connectivity index (χ2v) is 4.28. The molecule has 0 fully saturated rings. The number of hydrogen-bond acceptors (Lipinski definition) is 4. The van der Waals surface area contributed by atoms with E-state index < -0.39 is 0 Å². The number of rotatable bonds is 2. The van der Waals surface area contributed by atoms with E-state index in [-0.39, 0.29) is 5.56 Å². The molecule has 1 N–H and O–H groups in total. The van der Waals surface area contributed by atoms with Crippen LogP contribution in [0.3, 0.4) is 0 Å². The van der Waals surface area contributed by atoms with E-state index in [0.717, 1.165) is 28.8 Å². The zero-order valence-electron chi connectivity index (χ0n) is 10.4. The maximum atomic E-state index is 10.4. The lowest BCUT2D eigenvalue weighted by Gasteiger charge is -1.90. The molecule has 0 aliphatic carbocycles. The van der Waals surface area contributed by atoms with Crippen LogP contribution in [0.25, 0.3) is 0 Å².